The van der Waals surface area contributed by atoms with Crippen LogP contribution in [-0.2, 0) is 9.59 Å². The van der Waals surface area contributed by atoms with Crippen LogP contribution in [0.1, 0.15) is 13.3 Å². The van der Waals surface area contributed by atoms with Gasteiger partial charge in [0.15, 0.2) is 0 Å². The minimum Gasteiger partial charge on any atom is -0.315 e. The molecule has 0 aliphatic heterocycles. The number of anilines is 2. The van der Waals surface area contributed by atoms with Gasteiger partial charge in [0.05, 0.1) is 0 Å². The predicted molar refractivity (Wildman–Crippen MR) is 88.9 cm³/mol. The van der Waals surface area contributed by atoms with Gasteiger partial charge in [0, 0.05) is 38.3 Å². The van der Waals surface area contributed by atoms with E-state index in [4.69, 9.17) is 0 Å². The summed E-state index contributed by atoms with van der Waals surface area (Å²) in [6, 6.07) is 18.9. The number of hydrogen-bond donors (Lipinski definition) is 0. The molecule has 114 valence electrons. The lowest BCUT2D eigenvalue weighted by Gasteiger charge is -2.23. The van der Waals surface area contributed by atoms with E-state index in [0.29, 0.717) is 6.54 Å². The van der Waals surface area contributed by atoms with E-state index in [0.717, 1.165) is 11.4 Å². The Balaban J connectivity index is 2.01. The molecule has 0 bridgehead atoms. The van der Waals surface area contributed by atoms with Crippen LogP contribution >= 0.6 is 0 Å². The number of para-hydroxylation sites is 2. The second-order valence-electron chi connectivity index (χ2n) is 5.04. The summed E-state index contributed by atoms with van der Waals surface area (Å²) in [5, 5.41) is 0. The fourth-order valence-electron chi connectivity index (χ4n) is 2.25. The second kappa shape index (κ2) is 7.41. The first-order valence-electron chi connectivity index (χ1n) is 7.24. The third kappa shape index (κ3) is 3.95. The van der Waals surface area contributed by atoms with E-state index < -0.39 is 0 Å². The number of hydrogen-bond acceptors (Lipinski definition) is 2. The van der Waals surface area contributed by atoms with Crippen LogP contribution in [0.15, 0.2) is 60.7 Å². The average molecular weight is 296 g/mol. The molecule has 0 aliphatic rings. The average Bonchev–Trinajstić information content (AvgIpc) is 2.55. The molecule has 2 aromatic carbocycles. The zero-order valence-corrected chi connectivity index (χ0v) is 12.9. The van der Waals surface area contributed by atoms with E-state index in [-0.39, 0.29) is 18.2 Å². The fraction of sp³-hybridized carbons (Fsp3) is 0.222. The zero-order chi connectivity index (χ0) is 15.9. The number of benzene rings is 2. The number of carbonyl (C=O) groups excluding carboxylic acids is 2. The molecular formula is C18H20N2O2. The minimum atomic E-state index is -0.0682. The molecule has 22 heavy (non-hydrogen) atoms. The third-order valence-corrected chi connectivity index (χ3v) is 3.51. The van der Waals surface area contributed by atoms with E-state index in [9.17, 15) is 9.59 Å². The van der Waals surface area contributed by atoms with Crippen LogP contribution in [0.25, 0.3) is 0 Å². The highest BCUT2D eigenvalue weighted by molar-refractivity contribution is 5.95. The summed E-state index contributed by atoms with van der Waals surface area (Å²) in [6.45, 7) is 1.88. The van der Waals surface area contributed by atoms with E-state index in [1.165, 1.54) is 6.92 Å². The maximum atomic E-state index is 12.3. The predicted octanol–water partition coefficient (Wildman–Crippen LogP) is 3.09. The normalized spacial score (nSPS) is 10.1. The Morgan fingerprint density at radius 3 is 1.86 bits per heavy atom. The van der Waals surface area contributed by atoms with Gasteiger partial charge in [-0.05, 0) is 24.3 Å². The molecule has 2 aromatic rings. The maximum absolute atomic E-state index is 12.3. The lowest BCUT2D eigenvalue weighted by Crippen LogP contribution is -2.34. The Morgan fingerprint density at radius 1 is 0.864 bits per heavy atom. The molecule has 2 amide bonds. The smallest absolute Gasteiger partial charge is 0.228 e. The molecule has 0 spiro atoms. The molecular weight excluding hydrogens is 276 g/mol. The van der Waals surface area contributed by atoms with Crippen molar-refractivity contribution in [1.82, 2.24) is 0 Å². The molecule has 0 aromatic heterocycles. The summed E-state index contributed by atoms with van der Waals surface area (Å²) in [5.41, 5.74) is 1.66. The van der Waals surface area contributed by atoms with Crippen LogP contribution < -0.4 is 9.80 Å². The molecule has 0 fully saturated rings. The molecule has 0 N–H and O–H groups in total. The van der Waals surface area contributed by atoms with Gasteiger partial charge in [0.1, 0.15) is 0 Å². The van der Waals surface area contributed by atoms with E-state index in [1.807, 2.05) is 60.7 Å². The lowest BCUT2D eigenvalue weighted by molar-refractivity contribution is -0.118. The van der Waals surface area contributed by atoms with Gasteiger partial charge in [0.25, 0.3) is 0 Å². The molecule has 0 heterocycles. The molecule has 0 unspecified atom stereocenters. The van der Waals surface area contributed by atoms with Gasteiger partial charge >= 0.3 is 0 Å². The van der Waals surface area contributed by atoms with Crippen molar-refractivity contribution in [3.05, 3.63) is 60.7 Å². The Labute approximate surface area is 131 Å². The van der Waals surface area contributed by atoms with Crippen molar-refractivity contribution < 1.29 is 9.59 Å². The monoisotopic (exact) mass is 296 g/mol. The van der Waals surface area contributed by atoms with Gasteiger partial charge in [-0.3, -0.25) is 9.59 Å². The molecule has 0 saturated heterocycles. The summed E-state index contributed by atoms with van der Waals surface area (Å²) in [5.74, 6) is -0.0882. The summed E-state index contributed by atoms with van der Waals surface area (Å²) < 4.78 is 0. The Bertz CT molecular complexity index is 626. The molecule has 0 atom stereocenters. The zero-order valence-electron chi connectivity index (χ0n) is 12.9. The fourth-order valence-corrected chi connectivity index (χ4v) is 2.25. The van der Waals surface area contributed by atoms with Crippen molar-refractivity contribution in [2.24, 2.45) is 0 Å². The first kappa shape index (κ1) is 15.8. The van der Waals surface area contributed by atoms with Crippen LogP contribution in [-0.4, -0.2) is 25.4 Å². The lowest BCUT2D eigenvalue weighted by atomic mass is 10.2. The first-order valence-corrected chi connectivity index (χ1v) is 7.24. The standard InChI is InChI=1S/C18H20N2O2/c1-15(21)20(17-11-7-4-8-12-17)14-13-18(22)19(2)16-9-5-3-6-10-16/h3-12H,13-14H2,1-2H3. The van der Waals surface area contributed by atoms with Crippen LogP contribution in [0.5, 0.6) is 0 Å². The van der Waals surface area contributed by atoms with Crippen molar-refractivity contribution in [3.8, 4) is 0 Å². The van der Waals surface area contributed by atoms with Crippen LogP contribution in [0.2, 0.25) is 0 Å². The van der Waals surface area contributed by atoms with Crippen molar-refractivity contribution in [1.29, 1.82) is 0 Å². The molecule has 0 radical (unpaired) electrons. The Hall–Kier alpha value is -2.62. The molecule has 0 aliphatic carbocycles. The highest BCUT2D eigenvalue weighted by Crippen LogP contribution is 2.16. The van der Waals surface area contributed by atoms with Crippen LogP contribution in [0.3, 0.4) is 0 Å². The Kier molecular flexibility index (Phi) is 5.31. The van der Waals surface area contributed by atoms with E-state index >= 15 is 0 Å². The van der Waals surface area contributed by atoms with Gasteiger partial charge in [-0.2, -0.15) is 0 Å². The quantitative estimate of drug-likeness (QED) is 0.850. The highest BCUT2D eigenvalue weighted by Gasteiger charge is 2.16. The summed E-state index contributed by atoms with van der Waals surface area (Å²) in [7, 11) is 1.75. The topological polar surface area (TPSA) is 40.6 Å². The van der Waals surface area contributed by atoms with E-state index in [2.05, 4.69) is 0 Å². The van der Waals surface area contributed by atoms with Crippen LogP contribution in [0, 0.1) is 0 Å². The van der Waals surface area contributed by atoms with Gasteiger partial charge in [0.2, 0.25) is 11.8 Å². The van der Waals surface area contributed by atoms with Gasteiger partial charge in [-0.1, -0.05) is 36.4 Å². The van der Waals surface area contributed by atoms with Crippen molar-refractivity contribution in [3.63, 3.8) is 0 Å². The van der Waals surface area contributed by atoms with E-state index in [1.54, 1.807) is 16.8 Å². The maximum Gasteiger partial charge on any atom is 0.228 e. The molecule has 2 rings (SSSR count). The first-order chi connectivity index (χ1) is 10.6. The number of carbonyl (C=O) groups is 2. The van der Waals surface area contributed by atoms with Crippen molar-refractivity contribution >= 4 is 23.2 Å². The van der Waals surface area contributed by atoms with Crippen LogP contribution in [0.4, 0.5) is 11.4 Å². The number of amides is 2. The SMILES string of the molecule is CC(=O)N(CCC(=O)N(C)c1ccccc1)c1ccccc1. The molecule has 4 nitrogen and oxygen atoms in total. The number of rotatable bonds is 5. The van der Waals surface area contributed by atoms with Gasteiger partial charge in [-0.25, -0.2) is 0 Å². The van der Waals surface area contributed by atoms with Crippen molar-refractivity contribution in [2.75, 3.05) is 23.4 Å². The van der Waals surface area contributed by atoms with Gasteiger partial charge in [-0.15, -0.1) is 0 Å². The highest BCUT2D eigenvalue weighted by atomic mass is 16.2. The summed E-state index contributed by atoms with van der Waals surface area (Å²) >= 11 is 0. The second-order valence-corrected chi connectivity index (χ2v) is 5.04. The van der Waals surface area contributed by atoms with Crippen molar-refractivity contribution in [2.45, 2.75) is 13.3 Å². The molecule has 4 heteroatoms. The number of nitrogens with zero attached hydrogens (tertiary/aromatic N) is 2. The van der Waals surface area contributed by atoms with Gasteiger partial charge < -0.3 is 9.80 Å². The summed E-state index contributed by atoms with van der Waals surface area (Å²) in [4.78, 5) is 27.3. The largest absolute Gasteiger partial charge is 0.315 e. The minimum absolute atomic E-state index is 0.0200. The molecule has 0 saturated carbocycles. The third-order valence-electron chi connectivity index (χ3n) is 3.51. The summed E-state index contributed by atoms with van der Waals surface area (Å²) in [6.07, 6.45) is 0.278. The Morgan fingerprint density at radius 2 is 1.36 bits per heavy atom.